The maximum absolute atomic E-state index is 12.3. The summed E-state index contributed by atoms with van der Waals surface area (Å²) in [6.45, 7) is -0.0733. The molecule has 0 bridgehead atoms. The Bertz CT molecular complexity index is 1390. The quantitative estimate of drug-likeness (QED) is 0.314. The number of hydrogen-bond donors (Lipinski definition) is 2. The second-order valence-electron chi connectivity index (χ2n) is 8.43. The van der Waals surface area contributed by atoms with Gasteiger partial charge in [-0.05, 0) is 54.7 Å². The Morgan fingerprint density at radius 3 is 2.62 bits per heavy atom. The minimum Gasteiger partial charge on any atom is -0.495 e. The van der Waals surface area contributed by atoms with Crippen LogP contribution < -0.4 is 20.3 Å². The van der Waals surface area contributed by atoms with Crippen molar-refractivity contribution in [3.63, 3.8) is 0 Å². The van der Waals surface area contributed by atoms with Crippen molar-refractivity contribution in [2.45, 2.75) is 12.1 Å². The SMILES string of the molecule is COCC(=O)Nc1cc(N2C(=S)N[C@@H](c3ccccn3)[C@@H]2c2ccc(-c3ccccc3)o2)ccc1OC. The molecule has 4 aromatic rings. The van der Waals surface area contributed by atoms with Crippen LogP contribution in [-0.2, 0) is 9.53 Å². The van der Waals surface area contributed by atoms with Gasteiger partial charge in [-0.1, -0.05) is 36.4 Å². The van der Waals surface area contributed by atoms with Crippen LogP contribution in [0.5, 0.6) is 5.75 Å². The fourth-order valence-corrected chi connectivity index (χ4v) is 4.80. The molecule has 0 radical (unpaired) electrons. The van der Waals surface area contributed by atoms with Crippen LogP contribution in [0.2, 0.25) is 0 Å². The summed E-state index contributed by atoms with van der Waals surface area (Å²) in [5, 5.41) is 6.78. The van der Waals surface area contributed by atoms with Gasteiger partial charge in [-0.25, -0.2) is 0 Å². The van der Waals surface area contributed by atoms with Crippen LogP contribution in [0.3, 0.4) is 0 Å². The molecule has 1 aliphatic heterocycles. The number of furan rings is 1. The van der Waals surface area contributed by atoms with Crippen LogP contribution in [0, 0.1) is 0 Å². The number of nitrogens with zero attached hydrogens (tertiary/aromatic N) is 2. The third kappa shape index (κ3) is 5.04. The lowest BCUT2D eigenvalue weighted by atomic mass is 10.0. The van der Waals surface area contributed by atoms with Gasteiger partial charge in [0.25, 0.3) is 0 Å². The minimum absolute atomic E-state index is 0.0733. The Balaban J connectivity index is 1.57. The van der Waals surface area contributed by atoms with E-state index in [2.05, 4.69) is 15.6 Å². The highest BCUT2D eigenvalue weighted by molar-refractivity contribution is 7.80. The predicted molar refractivity (Wildman–Crippen MR) is 146 cm³/mol. The molecule has 8 nitrogen and oxygen atoms in total. The normalized spacial score (nSPS) is 16.9. The number of anilines is 2. The summed E-state index contributed by atoms with van der Waals surface area (Å²) < 4.78 is 16.8. The van der Waals surface area contributed by atoms with Crippen molar-refractivity contribution < 1.29 is 18.7 Å². The first-order chi connectivity index (χ1) is 18.1. The van der Waals surface area contributed by atoms with Crippen LogP contribution >= 0.6 is 12.2 Å². The fraction of sp³-hybridized carbons (Fsp3) is 0.179. The van der Waals surface area contributed by atoms with E-state index in [0.29, 0.717) is 16.5 Å². The largest absolute Gasteiger partial charge is 0.495 e. The smallest absolute Gasteiger partial charge is 0.250 e. The van der Waals surface area contributed by atoms with Gasteiger partial charge in [0.15, 0.2) is 5.11 Å². The molecule has 9 heteroatoms. The first kappa shape index (κ1) is 24.5. The topological polar surface area (TPSA) is 88.9 Å². The Hall–Kier alpha value is -4.21. The predicted octanol–water partition coefficient (Wildman–Crippen LogP) is 5.11. The van der Waals surface area contributed by atoms with E-state index in [-0.39, 0.29) is 24.6 Å². The number of pyridine rings is 1. The molecule has 2 aromatic carbocycles. The number of amides is 1. The van der Waals surface area contributed by atoms with E-state index in [9.17, 15) is 4.79 Å². The second kappa shape index (κ2) is 10.8. The van der Waals surface area contributed by atoms with Crippen LogP contribution in [0.25, 0.3) is 11.3 Å². The summed E-state index contributed by atoms with van der Waals surface area (Å²) in [5.41, 5.74) is 3.08. The van der Waals surface area contributed by atoms with Crippen LogP contribution in [0.15, 0.2) is 89.5 Å². The minimum atomic E-state index is -0.337. The van der Waals surface area contributed by atoms with Gasteiger partial charge < -0.3 is 29.4 Å². The zero-order chi connectivity index (χ0) is 25.8. The molecular weight excluding hydrogens is 488 g/mol. The first-order valence-electron chi connectivity index (χ1n) is 11.7. The first-order valence-corrected chi connectivity index (χ1v) is 12.1. The van der Waals surface area contributed by atoms with E-state index in [4.69, 9.17) is 26.1 Å². The number of nitrogens with one attached hydrogen (secondary N) is 2. The molecule has 0 saturated carbocycles. The van der Waals surface area contributed by atoms with E-state index >= 15 is 0 Å². The van der Waals surface area contributed by atoms with Crippen LogP contribution in [0.4, 0.5) is 11.4 Å². The number of hydrogen-bond acceptors (Lipinski definition) is 6. The van der Waals surface area contributed by atoms with Gasteiger partial charge in [-0.2, -0.15) is 0 Å². The van der Waals surface area contributed by atoms with E-state index in [1.165, 1.54) is 7.11 Å². The van der Waals surface area contributed by atoms with E-state index in [0.717, 1.165) is 28.5 Å². The molecule has 2 atom stereocenters. The molecule has 5 rings (SSSR count). The maximum atomic E-state index is 12.3. The molecule has 2 N–H and O–H groups in total. The summed E-state index contributed by atoms with van der Waals surface area (Å²) in [4.78, 5) is 18.8. The number of ether oxygens (including phenoxy) is 2. The van der Waals surface area contributed by atoms with Crippen LogP contribution in [0.1, 0.15) is 23.5 Å². The van der Waals surface area contributed by atoms with Crippen molar-refractivity contribution in [1.82, 2.24) is 10.3 Å². The average molecular weight is 515 g/mol. The van der Waals surface area contributed by atoms with Crippen LogP contribution in [-0.4, -0.2) is 36.8 Å². The van der Waals surface area contributed by atoms with Crippen molar-refractivity contribution in [2.24, 2.45) is 0 Å². The van der Waals surface area contributed by atoms with Crippen molar-refractivity contribution in [1.29, 1.82) is 0 Å². The zero-order valence-corrected chi connectivity index (χ0v) is 21.2. The third-order valence-corrected chi connectivity index (χ3v) is 6.40. The Morgan fingerprint density at radius 2 is 1.89 bits per heavy atom. The number of methoxy groups -OCH3 is 2. The lowest BCUT2D eigenvalue weighted by Gasteiger charge is -2.27. The molecule has 1 aliphatic rings. The summed E-state index contributed by atoms with van der Waals surface area (Å²) in [7, 11) is 3.02. The molecule has 3 heterocycles. The molecule has 188 valence electrons. The molecular formula is C28H26N4O4S. The van der Waals surface area contributed by atoms with E-state index < -0.39 is 0 Å². The van der Waals surface area contributed by atoms with E-state index in [1.807, 2.05) is 77.7 Å². The number of carbonyl (C=O) groups is 1. The molecule has 37 heavy (non-hydrogen) atoms. The average Bonchev–Trinajstić information content (AvgIpc) is 3.54. The van der Waals surface area contributed by atoms with Crippen molar-refractivity contribution in [3.05, 3.63) is 96.5 Å². The van der Waals surface area contributed by atoms with Crippen molar-refractivity contribution in [2.75, 3.05) is 31.0 Å². The maximum Gasteiger partial charge on any atom is 0.250 e. The zero-order valence-electron chi connectivity index (χ0n) is 20.4. The van der Waals surface area contributed by atoms with E-state index in [1.54, 1.807) is 19.4 Å². The van der Waals surface area contributed by atoms with Gasteiger partial charge in [0, 0.05) is 24.6 Å². The second-order valence-corrected chi connectivity index (χ2v) is 8.82. The summed E-state index contributed by atoms with van der Waals surface area (Å²) in [6, 6.07) is 24.6. The fourth-order valence-electron chi connectivity index (χ4n) is 4.45. The van der Waals surface area contributed by atoms with Gasteiger partial charge in [0.2, 0.25) is 5.91 Å². The van der Waals surface area contributed by atoms with Crippen molar-refractivity contribution >= 4 is 34.6 Å². The number of carbonyl (C=O) groups excluding carboxylic acids is 1. The van der Waals surface area contributed by atoms with Crippen molar-refractivity contribution in [3.8, 4) is 17.1 Å². The highest BCUT2D eigenvalue weighted by Crippen LogP contribution is 2.44. The number of rotatable bonds is 8. The highest BCUT2D eigenvalue weighted by Gasteiger charge is 2.42. The Labute approximate surface area is 220 Å². The molecule has 0 aliphatic carbocycles. The van der Waals surface area contributed by atoms with Gasteiger partial charge in [0.05, 0.1) is 24.5 Å². The monoisotopic (exact) mass is 514 g/mol. The van der Waals surface area contributed by atoms with Gasteiger partial charge in [-0.15, -0.1) is 0 Å². The summed E-state index contributed by atoms with van der Waals surface area (Å²) in [6.07, 6.45) is 1.76. The summed E-state index contributed by atoms with van der Waals surface area (Å²) in [5.74, 6) is 1.72. The molecule has 1 fully saturated rings. The van der Waals surface area contributed by atoms with Gasteiger partial charge in [0.1, 0.15) is 29.9 Å². The lowest BCUT2D eigenvalue weighted by molar-refractivity contribution is -0.119. The third-order valence-electron chi connectivity index (χ3n) is 6.09. The molecule has 0 unspecified atom stereocenters. The molecule has 0 spiro atoms. The van der Waals surface area contributed by atoms with Gasteiger partial charge >= 0.3 is 0 Å². The molecule has 2 aromatic heterocycles. The Kier molecular flexibility index (Phi) is 7.16. The Morgan fingerprint density at radius 1 is 1.08 bits per heavy atom. The van der Waals surface area contributed by atoms with Gasteiger partial charge in [-0.3, -0.25) is 9.78 Å². The lowest BCUT2D eigenvalue weighted by Crippen LogP contribution is -2.29. The number of thiocarbonyl (C=S) groups is 1. The highest BCUT2D eigenvalue weighted by atomic mass is 32.1. The number of aromatic nitrogens is 1. The molecule has 1 saturated heterocycles. The molecule has 1 amide bonds. The number of benzene rings is 2. The summed E-state index contributed by atoms with van der Waals surface area (Å²) >= 11 is 5.82. The standard InChI is InChI=1S/C28H26N4O4S/c1-34-17-25(33)30-21-16-19(11-12-23(21)35-2)32-27(26(31-28(32)37)20-10-6-7-15-29-20)24-14-13-22(36-24)18-8-4-3-5-9-18/h3-16,26-27H,17H2,1-2H3,(H,30,33)(H,31,37)/t26-,27-/m0/s1.